The van der Waals surface area contributed by atoms with Crippen LogP contribution in [0.3, 0.4) is 0 Å². The van der Waals surface area contributed by atoms with Gasteiger partial charge in [0.1, 0.15) is 0 Å². The van der Waals surface area contributed by atoms with Crippen molar-refractivity contribution in [3.8, 4) is 0 Å². The lowest BCUT2D eigenvalue weighted by Gasteiger charge is -2.11. The minimum atomic E-state index is -0.693. The standard InChI is InChI=1S/C22H20Cl2N4O2/c1-13-21(14(2)28(26-13)12-16-5-3-4-6-18(16)24)25-22(29)20-11-19(27-30-20)15-7-9-17(23)10-8-15/h3-10,20H,11-12H2,1-2H3,(H,25,29)/t20-/m0/s1. The van der Waals surface area contributed by atoms with Gasteiger partial charge in [0.05, 0.1) is 29.3 Å². The number of rotatable bonds is 5. The van der Waals surface area contributed by atoms with E-state index in [0.29, 0.717) is 28.7 Å². The summed E-state index contributed by atoms with van der Waals surface area (Å²) in [6, 6.07) is 14.9. The molecular weight excluding hydrogens is 423 g/mol. The first kappa shape index (κ1) is 20.4. The number of aryl methyl sites for hydroxylation is 1. The lowest BCUT2D eigenvalue weighted by molar-refractivity contribution is -0.125. The molecule has 4 rings (SSSR count). The molecule has 0 unspecified atom stereocenters. The average molecular weight is 443 g/mol. The Kier molecular flexibility index (Phi) is 5.79. The van der Waals surface area contributed by atoms with E-state index in [1.54, 1.807) is 12.1 Å². The third-order valence-corrected chi connectivity index (χ3v) is 5.67. The molecule has 0 fully saturated rings. The highest BCUT2D eigenvalue weighted by Crippen LogP contribution is 2.25. The summed E-state index contributed by atoms with van der Waals surface area (Å²) in [4.78, 5) is 18.2. The van der Waals surface area contributed by atoms with Crippen molar-refractivity contribution in [3.05, 3.63) is 81.1 Å². The van der Waals surface area contributed by atoms with Crippen LogP contribution < -0.4 is 5.32 Å². The van der Waals surface area contributed by atoms with E-state index in [1.165, 1.54) is 0 Å². The van der Waals surface area contributed by atoms with Crippen LogP contribution in [-0.2, 0) is 16.2 Å². The van der Waals surface area contributed by atoms with Crippen LogP contribution in [0.2, 0.25) is 10.0 Å². The molecule has 2 aromatic carbocycles. The molecule has 0 bridgehead atoms. The number of halogens is 2. The monoisotopic (exact) mass is 442 g/mol. The Hall–Kier alpha value is -2.83. The van der Waals surface area contributed by atoms with Gasteiger partial charge >= 0.3 is 0 Å². The second-order valence-electron chi connectivity index (χ2n) is 7.13. The summed E-state index contributed by atoms with van der Waals surface area (Å²) in [6.45, 7) is 4.29. The van der Waals surface area contributed by atoms with E-state index >= 15 is 0 Å². The van der Waals surface area contributed by atoms with Crippen LogP contribution in [0.4, 0.5) is 5.69 Å². The summed E-state index contributed by atoms with van der Waals surface area (Å²) in [7, 11) is 0. The fourth-order valence-corrected chi connectivity index (χ4v) is 3.68. The zero-order chi connectivity index (χ0) is 21.3. The van der Waals surface area contributed by atoms with Gasteiger partial charge in [-0.15, -0.1) is 0 Å². The molecule has 1 aromatic heterocycles. The lowest BCUT2D eigenvalue weighted by atomic mass is 10.0. The number of anilines is 1. The number of nitrogens with zero attached hydrogens (tertiary/aromatic N) is 3. The van der Waals surface area contributed by atoms with Gasteiger partial charge in [-0.2, -0.15) is 5.10 Å². The second-order valence-corrected chi connectivity index (χ2v) is 7.97. The average Bonchev–Trinajstić information content (AvgIpc) is 3.32. The fourth-order valence-electron chi connectivity index (χ4n) is 3.35. The summed E-state index contributed by atoms with van der Waals surface area (Å²) in [5, 5.41) is 12.9. The molecule has 1 N–H and O–H groups in total. The molecule has 6 nitrogen and oxygen atoms in total. The third-order valence-electron chi connectivity index (χ3n) is 5.05. The Labute approximate surface area is 184 Å². The van der Waals surface area contributed by atoms with Crippen LogP contribution in [0.5, 0.6) is 0 Å². The van der Waals surface area contributed by atoms with Crippen molar-refractivity contribution in [2.24, 2.45) is 5.16 Å². The van der Waals surface area contributed by atoms with Gasteiger partial charge in [0.15, 0.2) is 0 Å². The molecule has 3 aromatic rings. The molecule has 1 amide bonds. The summed E-state index contributed by atoms with van der Waals surface area (Å²) in [6.07, 6.45) is -0.305. The SMILES string of the molecule is Cc1nn(Cc2ccccc2Cl)c(C)c1NC(=O)[C@@H]1CC(c2ccc(Cl)cc2)=NO1. The molecule has 0 saturated heterocycles. The van der Waals surface area contributed by atoms with Gasteiger partial charge in [-0.25, -0.2) is 0 Å². The Balaban J connectivity index is 1.45. The number of carbonyl (C=O) groups is 1. The van der Waals surface area contributed by atoms with Gasteiger partial charge < -0.3 is 10.2 Å². The smallest absolute Gasteiger partial charge is 0.268 e. The highest BCUT2D eigenvalue weighted by Gasteiger charge is 2.30. The molecule has 0 spiro atoms. The third kappa shape index (κ3) is 4.20. The maximum atomic E-state index is 12.8. The highest BCUT2D eigenvalue weighted by atomic mass is 35.5. The molecule has 1 aliphatic rings. The molecule has 154 valence electrons. The lowest BCUT2D eigenvalue weighted by Crippen LogP contribution is -2.28. The number of hydrogen-bond donors (Lipinski definition) is 1. The quantitative estimate of drug-likeness (QED) is 0.605. The van der Waals surface area contributed by atoms with Gasteiger partial charge in [-0.05, 0) is 43.2 Å². The summed E-state index contributed by atoms with van der Waals surface area (Å²) < 4.78 is 1.83. The van der Waals surface area contributed by atoms with Crippen LogP contribution in [0, 0.1) is 13.8 Å². The van der Waals surface area contributed by atoms with Crippen LogP contribution in [0.1, 0.15) is 28.9 Å². The minimum Gasteiger partial charge on any atom is -0.382 e. The predicted molar refractivity (Wildman–Crippen MR) is 118 cm³/mol. The van der Waals surface area contributed by atoms with E-state index in [2.05, 4.69) is 15.6 Å². The van der Waals surface area contributed by atoms with E-state index in [9.17, 15) is 4.79 Å². The number of amides is 1. The van der Waals surface area contributed by atoms with E-state index in [0.717, 1.165) is 28.2 Å². The molecule has 2 heterocycles. The van der Waals surface area contributed by atoms with Crippen molar-refractivity contribution in [1.29, 1.82) is 0 Å². The van der Waals surface area contributed by atoms with Crippen molar-refractivity contribution >= 4 is 40.5 Å². The topological polar surface area (TPSA) is 68.5 Å². The Bertz CT molecular complexity index is 1120. The Morgan fingerprint density at radius 1 is 1.17 bits per heavy atom. The second kappa shape index (κ2) is 8.50. The molecule has 1 atom stereocenters. The molecule has 8 heteroatoms. The Morgan fingerprint density at radius 2 is 1.90 bits per heavy atom. The van der Waals surface area contributed by atoms with Gasteiger partial charge in [0.2, 0.25) is 6.10 Å². The number of benzene rings is 2. The van der Waals surface area contributed by atoms with Crippen molar-refractivity contribution in [2.45, 2.75) is 32.9 Å². The van der Waals surface area contributed by atoms with E-state index in [1.807, 2.05) is 54.9 Å². The maximum Gasteiger partial charge on any atom is 0.268 e. The molecular formula is C22H20Cl2N4O2. The summed E-state index contributed by atoms with van der Waals surface area (Å²) in [5.41, 5.74) is 4.81. The molecule has 30 heavy (non-hydrogen) atoms. The minimum absolute atomic E-state index is 0.258. The van der Waals surface area contributed by atoms with Gasteiger partial charge in [-0.3, -0.25) is 9.48 Å². The predicted octanol–water partition coefficient (Wildman–Crippen LogP) is 4.99. The van der Waals surface area contributed by atoms with Crippen LogP contribution >= 0.6 is 23.2 Å². The fraction of sp³-hybridized carbons (Fsp3) is 0.227. The maximum absolute atomic E-state index is 12.8. The number of hydrogen-bond acceptors (Lipinski definition) is 4. The number of aromatic nitrogens is 2. The van der Waals surface area contributed by atoms with Crippen molar-refractivity contribution in [2.75, 3.05) is 5.32 Å². The molecule has 1 aliphatic heterocycles. The first-order valence-corrected chi connectivity index (χ1v) is 10.2. The normalized spacial score (nSPS) is 15.6. The van der Waals surface area contributed by atoms with Crippen LogP contribution in [0.25, 0.3) is 0 Å². The van der Waals surface area contributed by atoms with E-state index < -0.39 is 6.10 Å². The van der Waals surface area contributed by atoms with Crippen LogP contribution in [-0.4, -0.2) is 27.5 Å². The number of oxime groups is 1. The van der Waals surface area contributed by atoms with E-state index in [-0.39, 0.29) is 5.91 Å². The first-order valence-electron chi connectivity index (χ1n) is 9.49. The molecule has 0 radical (unpaired) electrons. The van der Waals surface area contributed by atoms with Crippen molar-refractivity contribution in [1.82, 2.24) is 9.78 Å². The van der Waals surface area contributed by atoms with Gasteiger partial charge in [0.25, 0.3) is 5.91 Å². The first-order chi connectivity index (χ1) is 14.4. The Morgan fingerprint density at radius 3 is 2.63 bits per heavy atom. The van der Waals surface area contributed by atoms with Crippen molar-refractivity contribution in [3.63, 3.8) is 0 Å². The zero-order valence-electron chi connectivity index (χ0n) is 16.5. The number of nitrogens with one attached hydrogen (secondary N) is 1. The van der Waals surface area contributed by atoms with Crippen LogP contribution in [0.15, 0.2) is 53.7 Å². The largest absolute Gasteiger partial charge is 0.382 e. The highest BCUT2D eigenvalue weighted by molar-refractivity contribution is 6.31. The molecule has 0 aliphatic carbocycles. The zero-order valence-corrected chi connectivity index (χ0v) is 18.0. The summed E-state index contributed by atoms with van der Waals surface area (Å²) >= 11 is 12.2. The van der Waals surface area contributed by atoms with E-state index in [4.69, 9.17) is 28.0 Å². The number of carbonyl (C=O) groups excluding carboxylic acids is 1. The van der Waals surface area contributed by atoms with Crippen molar-refractivity contribution < 1.29 is 9.63 Å². The summed E-state index contributed by atoms with van der Waals surface area (Å²) in [5.74, 6) is -0.258. The van der Waals surface area contributed by atoms with Gasteiger partial charge in [0, 0.05) is 16.5 Å². The van der Waals surface area contributed by atoms with Gasteiger partial charge in [-0.1, -0.05) is 58.7 Å². The molecule has 0 saturated carbocycles.